The van der Waals surface area contributed by atoms with Gasteiger partial charge in [0.1, 0.15) is 11.9 Å². The van der Waals surface area contributed by atoms with Gasteiger partial charge in [0, 0.05) is 11.4 Å². The minimum Gasteiger partial charge on any atom is -0.485 e. The first-order valence-electron chi connectivity index (χ1n) is 11.5. The molecule has 1 aromatic heterocycles. The molecular weight excluding hydrogens is 491 g/mol. The summed E-state index contributed by atoms with van der Waals surface area (Å²) in [4.78, 5) is 25.1. The van der Waals surface area contributed by atoms with Crippen LogP contribution in [0.4, 0.5) is 13.2 Å². The van der Waals surface area contributed by atoms with Crippen LogP contribution < -0.4 is 10.1 Å². The van der Waals surface area contributed by atoms with Gasteiger partial charge in [0.15, 0.2) is 0 Å². The Labute approximate surface area is 212 Å². The summed E-state index contributed by atoms with van der Waals surface area (Å²) in [6.45, 7) is 4.35. The van der Waals surface area contributed by atoms with Gasteiger partial charge >= 0.3 is 12.1 Å². The molecule has 0 saturated carbocycles. The third-order valence-corrected chi connectivity index (χ3v) is 6.55. The first-order valence-corrected chi connectivity index (χ1v) is 12.3. The molecule has 1 unspecified atom stereocenters. The van der Waals surface area contributed by atoms with Crippen molar-refractivity contribution in [2.24, 2.45) is 5.92 Å². The lowest BCUT2D eigenvalue weighted by Crippen LogP contribution is -2.25. The molecule has 1 atom stereocenters. The summed E-state index contributed by atoms with van der Waals surface area (Å²) in [7, 11) is 1.30. The van der Waals surface area contributed by atoms with Crippen LogP contribution in [0.5, 0.6) is 5.75 Å². The molecule has 36 heavy (non-hydrogen) atoms. The molecule has 0 spiro atoms. The highest BCUT2D eigenvalue weighted by molar-refractivity contribution is 7.14. The van der Waals surface area contributed by atoms with E-state index in [9.17, 15) is 22.8 Å². The van der Waals surface area contributed by atoms with Gasteiger partial charge in [-0.25, -0.2) is 0 Å². The molecule has 0 bridgehead atoms. The lowest BCUT2D eigenvalue weighted by atomic mass is 10.0. The van der Waals surface area contributed by atoms with Crippen molar-refractivity contribution in [3.8, 4) is 16.9 Å². The molecule has 0 aliphatic rings. The van der Waals surface area contributed by atoms with Crippen molar-refractivity contribution in [1.82, 2.24) is 5.32 Å². The summed E-state index contributed by atoms with van der Waals surface area (Å²) in [5.41, 5.74) is 0.767. The minimum absolute atomic E-state index is 0.0992. The molecular formula is C27H28F3NO4S. The number of rotatable bonds is 10. The molecule has 3 aromatic rings. The second-order valence-electron chi connectivity index (χ2n) is 8.62. The number of alkyl halides is 3. The molecule has 1 amide bonds. The second-order valence-corrected chi connectivity index (χ2v) is 9.73. The smallest absolute Gasteiger partial charge is 0.416 e. The fourth-order valence-electron chi connectivity index (χ4n) is 3.51. The van der Waals surface area contributed by atoms with Crippen LogP contribution in [-0.4, -0.2) is 25.5 Å². The largest absolute Gasteiger partial charge is 0.485 e. The van der Waals surface area contributed by atoms with Crippen LogP contribution in [0.1, 0.15) is 52.9 Å². The Morgan fingerprint density at radius 2 is 1.56 bits per heavy atom. The number of ether oxygens (including phenoxy) is 2. The number of halogens is 3. The maximum absolute atomic E-state index is 12.8. The zero-order valence-corrected chi connectivity index (χ0v) is 21.0. The minimum atomic E-state index is -4.37. The average molecular weight is 520 g/mol. The standard InChI is InChI=1S/C27H28F3NO4S/c1-17(2)16-22(23-12-13-24(36-23)26(33)31-15-14-25(32)34-3)35-21-10-6-19(7-11-21)18-4-8-20(9-5-18)27(28,29)30/h4-13,17,22H,14-16H2,1-3H3,(H,31,33). The first kappa shape index (κ1) is 27.3. The third kappa shape index (κ3) is 7.58. The van der Waals surface area contributed by atoms with Gasteiger partial charge < -0.3 is 14.8 Å². The summed E-state index contributed by atoms with van der Waals surface area (Å²) >= 11 is 1.33. The molecule has 3 rings (SSSR count). The third-order valence-electron chi connectivity index (χ3n) is 5.37. The van der Waals surface area contributed by atoms with Gasteiger partial charge in [-0.15, -0.1) is 11.3 Å². The molecule has 0 saturated heterocycles. The van der Waals surface area contributed by atoms with Crippen LogP contribution >= 0.6 is 11.3 Å². The van der Waals surface area contributed by atoms with Crippen LogP contribution in [0.25, 0.3) is 11.1 Å². The van der Waals surface area contributed by atoms with Gasteiger partial charge in [-0.1, -0.05) is 38.1 Å². The highest BCUT2D eigenvalue weighted by atomic mass is 32.1. The Bertz CT molecular complexity index is 1160. The number of carbonyl (C=O) groups is 2. The summed E-state index contributed by atoms with van der Waals surface area (Å²) in [5.74, 6) is 0.297. The van der Waals surface area contributed by atoms with Crippen LogP contribution in [0.3, 0.4) is 0 Å². The molecule has 0 radical (unpaired) electrons. The van der Waals surface area contributed by atoms with Gasteiger partial charge in [0.2, 0.25) is 0 Å². The Morgan fingerprint density at radius 1 is 0.944 bits per heavy atom. The van der Waals surface area contributed by atoms with Crippen molar-refractivity contribution in [1.29, 1.82) is 0 Å². The van der Waals surface area contributed by atoms with Crippen LogP contribution in [0.15, 0.2) is 60.7 Å². The number of esters is 1. The molecule has 0 aliphatic heterocycles. The van der Waals surface area contributed by atoms with Gasteiger partial charge in [0.25, 0.3) is 5.91 Å². The van der Waals surface area contributed by atoms with E-state index in [4.69, 9.17) is 4.74 Å². The zero-order valence-electron chi connectivity index (χ0n) is 20.2. The van der Waals surface area contributed by atoms with Gasteiger partial charge in [0.05, 0.1) is 24.0 Å². The normalized spacial score (nSPS) is 12.3. The number of benzene rings is 2. The molecule has 0 aliphatic carbocycles. The Hall–Kier alpha value is -3.33. The average Bonchev–Trinajstić information content (AvgIpc) is 3.34. The molecule has 192 valence electrons. The van der Waals surface area contributed by atoms with Crippen LogP contribution in [0.2, 0.25) is 0 Å². The first-order chi connectivity index (χ1) is 17.1. The second kappa shape index (κ2) is 12.1. The van der Waals surface area contributed by atoms with E-state index in [1.165, 1.54) is 30.6 Å². The molecule has 1 heterocycles. The van der Waals surface area contributed by atoms with Gasteiger partial charge in [-0.2, -0.15) is 13.2 Å². The van der Waals surface area contributed by atoms with Crippen molar-refractivity contribution in [3.05, 3.63) is 76.0 Å². The fourth-order valence-corrected chi connectivity index (χ4v) is 4.47. The van der Waals surface area contributed by atoms with Crippen molar-refractivity contribution in [2.75, 3.05) is 13.7 Å². The van der Waals surface area contributed by atoms with E-state index in [-0.39, 0.29) is 25.0 Å². The molecule has 0 fully saturated rings. The van der Waals surface area contributed by atoms with Crippen LogP contribution in [-0.2, 0) is 15.7 Å². The van der Waals surface area contributed by atoms with E-state index < -0.39 is 17.7 Å². The predicted molar refractivity (Wildman–Crippen MR) is 133 cm³/mol. The summed E-state index contributed by atoms with van der Waals surface area (Å²) in [5, 5.41) is 2.71. The summed E-state index contributed by atoms with van der Waals surface area (Å²) in [6, 6.07) is 15.8. The van der Waals surface area contributed by atoms with E-state index in [1.54, 1.807) is 30.3 Å². The Kier molecular flexibility index (Phi) is 9.14. The van der Waals surface area contributed by atoms with E-state index in [2.05, 4.69) is 23.9 Å². The number of amides is 1. The maximum atomic E-state index is 12.8. The predicted octanol–water partition coefficient (Wildman–Crippen LogP) is 6.89. The van der Waals surface area contributed by atoms with Gasteiger partial charge in [-0.3, -0.25) is 9.59 Å². The number of carbonyl (C=O) groups excluding carboxylic acids is 2. The fraction of sp³-hybridized carbons (Fsp3) is 0.333. The van der Waals surface area contributed by atoms with E-state index in [1.807, 2.05) is 6.07 Å². The van der Waals surface area contributed by atoms with Crippen LogP contribution in [0, 0.1) is 5.92 Å². The number of thiophene rings is 1. The van der Waals surface area contributed by atoms with E-state index >= 15 is 0 Å². The lowest BCUT2D eigenvalue weighted by Gasteiger charge is -2.20. The zero-order chi connectivity index (χ0) is 26.3. The number of methoxy groups -OCH3 is 1. The number of hydrogen-bond acceptors (Lipinski definition) is 5. The lowest BCUT2D eigenvalue weighted by molar-refractivity contribution is -0.140. The highest BCUT2D eigenvalue weighted by Gasteiger charge is 2.30. The van der Waals surface area contributed by atoms with Crippen molar-refractivity contribution in [3.63, 3.8) is 0 Å². The van der Waals surface area contributed by atoms with Crippen molar-refractivity contribution >= 4 is 23.2 Å². The monoisotopic (exact) mass is 519 g/mol. The summed E-state index contributed by atoms with van der Waals surface area (Å²) in [6.07, 6.45) is -3.82. The molecule has 5 nitrogen and oxygen atoms in total. The Morgan fingerprint density at radius 3 is 2.11 bits per heavy atom. The quantitative estimate of drug-likeness (QED) is 0.296. The molecule has 2 aromatic carbocycles. The van der Waals surface area contributed by atoms with E-state index in [0.717, 1.165) is 29.0 Å². The number of nitrogens with one attached hydrogen (secondary N) is 1. The SMILES string of the molecule is COC(=O)CCNC(=O)c1ccc(C(CC(C)C)Oc2ccc(-c3ccc(C(F)(F)F)cc3)cc2)s1. The van der Waals surface area contributed by atoms with Crippen molar-refractivity contribution < 1.29 is 32.2 Å². The van der Waals surface area contributed by atoms with E-state index in [0.29, 0.717) is 22.1 Å². The Balaban J connectivity index is 1.69. The molecule has 9 heteroatoms. The molecule has 1 N–H and O–H groups in total. The maximum Gasteiger partial charge on any atom is 0.416 e. The van der Waals surface area contributed by atoms with Crippen molar-refractivity contribution in [2.45, 2.75) is 39.0 Å². The van der Waals surface area contributed by atoms with Gasteiger partial charge in [-0.05, 0) is 59.9 Å². The summed E-state index contributed by atoms with van der Waals surface area (Å²) < 4.78 is 49.3. The highest BCUT2D eigenvalue weighted by Crippen LogP contribution is 2.34. The topological polar surface area (TPSA) is 64.6 Å². The number of hydrogen-bond donors (Lipinski definition) is 1.